The molecule has 0 fully saturated rings. The number of benzene rings is 1. The summed E-state index contributed by atoms with van der Waals surface area (Å²) in [6, 6.07) is 4.70. The van der Waals surface area contributed by atoms with Crippen LogP contribution in [0.25, 0.3) is 11.0 Å². The van der Waals surface area contributed by atoms with E-state index < -0.39 is 10.0 Å². The van der Waals surface area contributed by atoms with Gasteiger partial charge in [0.25, 0.3) is 0 Å². The summed E-state index contributed by atoms with van der Waals surface area (Å²) in [5, 5.41) is 6.15. The minimum absolute atomic E-state index is 0.0488. The monoisotopic (exact) mass is 385 g/mol. The second-order valence-electron chi connectivity index (χ2n) is 5.61. The van der Waals surface area contributed by atoms with Crippen LogP contribution in [0.1, 0.15) is 33.6 Å². The van der Waals surface area contributed by atoms with Crippen molar-refractivity contribution in [2.75, 3.05) is 6.61 Å². The molecular weight excluding hydrogens is 362 g/mol. The number of esters is 1. The van der Waals surface area contributed by atoms with Crippen molar-refractivity contribution in [3.8, 4) is 0 Å². The number of hydrogen-bond donors (Lipinski definition) is 1. The van der Waals surface area contributed by atoms with Gasteiger partial charge in [-0.2, -0.15) is 0 Å². The summed E-state index contributed by atoms with van der Waals surface area (Å²) in [5.41, 5.74) is 1.45. The van der Waals surface area contributed by atoms with E-state index in [2.05, 4.69) is 4.98 Å². The number of hydrogen-bond acceptors (Lipinski definition) is 6. The average Bonchev–Trinajstić information content (AvgIpc) is 2.88. The summed E-state index contributed by atoms with van der Waals surface area (Å²) in [6.07, 6.45) is 1.04. The molecular formula is C16H23N3O4S2. The predicted molar refractivity (Wildman–Crippen MR) is 98.0 cm³/mol. The third-order valence-corrected chi connectivity index (χ3v) is 5.77. The lowest BCUT2D eigenvalue weighted by Crippen LogP contribution is -2.11. The van der Waals surface area contributed by atoms with Gasteiger partial charge in [0, 0.05) is 18.2 Å². The Bertz CT molecular complexity index is 862. The first-order chi connectivity index (χ1) is 11.8. The van der Waals surface area contributed by atoms with Crippen LogP contribution in [0.2, 0.25) is 0 Å². The number of nitrogens with two attached hydrogens (primary N) is 1. The van der Waals surface area contributed by atoms with Crippen molar-refractivity contribution in [1.82, 2.24) is 9.55 Å². The number of carbonyl (C=O) groups excluding carboxylic acids is 1. The highest BCUT2D eigenvalue weighted by molar-refractivity contribution is 7.99. The van der Waals surface area contributed by atoms with Gasteiger partial charge in [0.2, 0.25) is 10.0 Å². The van der Waals surface area contributed by atoms with Crippen LogP contribution >= 0.6 is 11.8 Å². The average molecular weight is 386 g/mol. The summed E-state index contributed by atoms with van der Waals surface area (Å²) < 4.78 is 30.0. The Morgan fingerprint density at radius 2 is 2.12 bits per heavy atom. The topological polar surface area (TPSA) is 104 Å². The number of ether oxygens (including phenoxy) is 1. The Kier molecular flexibility index (Phi) is 6.47. The van der Waals surface area contributed by atoms with Gasteiger partial charge < -0.3 is 9.30 Å². The molecule has 9 heteroatoms. The van der Waals surface area contributed by atoms with Gasteiger partial charge in [-0.05, 0) is 38.5 Å². The van der Waals surface area contributed by atoms with E-state index in [1.165, 1.54) is 12.1 Å². The molecule has 1 unspecified atom stereocenters. The smallest absolute Gasteiger partial charge is 0.305 e. The van der Waals surface area contributed by atoms with Crippen LogP contribution < -0.4 is 5.14 Å². The van der Waals surface area contributed by atoms with E-state index in [-0.39, 0.29) is 16.1 Å². The van der Waals surface area contributed by atoms with Crippen LogP contribution in [0.15, 0.2) is 28.3 Å². The molecule has 0 aliphatic heterocycles. The highest BCUT2D eigenvalue weighted by Gasteiger charge is 2.17. The summed E-state index contributed by atoms with van der Waals surface area (Å²) in [5.74, 6) is -0.197. The standard InChI is InChI=1S/C16H23N3O4S2/c1-4-19-14-8-7-12(25(17,21)22)10-13(14)18-16(19)24-11(3)6-9-15(20)23-5-2/h7-8,10-11H,4-6,9H2,1-3H3,(H2,17,21,22). The van der Waals surface area contributed by atoms with Crippen molar-refractivity contribution >= 4 is 38.8 Å². The number of imidazole rings is 1. The fourth-order valence-corrected chi connectivity index (χ4v) is 4.09. The van der Waals surface area contributed by atoms with Crippen LogP contribution in [-0.4, -0.2) is 35.8 Å². The van der Waals surface area contributed by atoms with E-state index in [0.717, 1.165) is 10.7 Å². The first-order valence-electron chi connectivity index (χ1n) is 8.11. The number of carbonyl (C=O) groups is 1. The van der Waals surface area contributed by atoms with Crippen molar-refractivity contribution in [2.24, 2.45) is 5.14 Å². The maximum absolute atomic E-state index is 11.5. The normalized spacial score (nSPS) is 13.1. The van der Waals surface area contributed by atoms with Crippen molar-refractivity contribution in [3.63, 3.8) is 0 Å². The zero-order chi connectivity index (χ0) is 18.6. The predicted octanol–water partition coefficient (Wildman–Crippen LogP) is 2.53. The number of nitrogens with zero attached hydrogens (tertiary/aromatic N) is 2. The van der Waals surface area contributed by atoms with Gasteiger partial charge in [0.05, 0.1) is 22.5 Å². The van der Waals surface area contributed by atoms with E-state index in [1.807, 2.05) is 18.4 Å². The number of aryl methyl sites for hydroxylation is 1. The lowest BCUT2D eigenvalue weighted by Gasteiger charge is -2.11. The quantitative estimate of drug-likeness (QED) is 0.553. The van der Waals surface area contributed by atoms with Crippen LogP contribution in [0.3, 0.4) is 0 Å². The van der Waals surface area contributed by atoms with Crippen LogP contribution in [0.5, 0.6) is 0 Å². The molecule has 0 bridgehead atoms. The number of sulfonamides is 1. The molecule has 0 saturated heterocycles. The van der Waals surface area contributed by atoms with Gasteiger partial charge in [-0.1, -0.05) is 18.7 Å². The number of fused-ring (bicyclic) bond motifs is 1. The summed E-state index contributed by atoms with van der Waals surface area (Å²) in [6.45, 7) is 6.91. The van der Waals surface area contributed by atoms with E-state index in [0.29, 0.717) is 31.5 Å². The first-order valence-corrected chi connectivity index (χ1v) is 10.5. The highest BCUT2D eigenvalue weighted by atomic mass is 32.2. The SMILES string of the molecule is CCOC(=O)CCC(C)Sc1nc2cc(S(N)(=O)=O)ccc2n1CC. The van der Waals surface area contributed by atoms with Crippen LogP contribution in [-0.2, 0) is 26.1 Å². The van der Waals surface area contributed by atoms with Gasteiger partial charge in [-0.25, -0.2) is 18.5 Å². The van der Waals surface area contributed by atoms with Gasteiger partial charge >= 0.3 is 5.97 Å². The first kappa shape index (κ1) is 19.7. The molecule has 1 atom stereocenters. The molecule has 1 aromatic carbocycles. The van der Waals surface area contributed by atoms with E-state index in [4.69, 9.17) is 9.88 Å². The molecule has 0 aliphatic rings. The van der Waals surface area contributed by atoms with Gasteiger partial charge in [-0.3, -0.25) is 4.79 Å². The Morgan fingerprint density at radius 3 is 2.72 bits per heavy atom. The molecule has 7 nitrogen and oxygen atoms in total. The molecule has 138 valence electrons. The van der Waals surface area contributed by atoms with Crippen molar-refractivity contribution in [2.45, 2.75) is 55.5 Å². The molecule has 0 saturated carbocycles. The van der Waals surface area contributed by atoms with Crippen molar-refractivity contribution < 1.29 is 17.9 Å². The third-order valence-electron chi connectivity index (χ3n) is 3.70. The van der Waals surface area contributed by atoms with E-state index in [9.17, 15) is 13.2 Å². The van der Waals surface area contributed by atoms with Crippen LogP contribution in [0, 0.1) is 0 Å². The van der Waals surface area contributed by atoms with Crippen molar-refractivity contribution in [1.29, 1.82) is 0 Å². The second kappa shape index (κ2) is 8.20. The lowest BCUT2D eigenvalue weighted by atomic mass is 10.2. The lowest BCUT2D eigenvalue weighted by molar-refractivity contribution is -0.143. The fraction of sp³-hybridized carbons (Fsp3) is 0.500. The molecule has 0 radical (unpaired) electrons. The molecule has 1 aromatic heterocycles. The Morgan fingerprint density at radius 1 is 1.40 bits per heavy atom. The second-order valence-corrected chi connectivity index (χ2v) is 8.57. The number of aromatic nitrogens is 2. The maximum atomic E-state index is 11.5. The minimum Gasteiger partial charge on any atom is -0.466 e. The molecule has 0 spiro atoms. The molecule has 2 N–H and O–H groups in total. The Balaban J connectivity index is 2.21. The van der Waals surface area contributed by atoms with E-state index in [1.54, 1.807) is 24.8 Å². The summed E-state index contributed by atoms with van der Waals surface area (Å²) in [4.78, 5) is 16.1. The van der Waals surface area contributed by atoms with Gasteiger partial charge in [0.15, 0.2) is 5.16 Å². The maximum Gasteiger partial charge on any atom is 0.305 e. The molecule has 1 heterocycles. The van der Waals surface area contributed by atoms with Crippen molar-refractivity contribution in [3.05, 3.63) is 18.2 Å². The third kappa shape index (κ3) is 4.96. The molecule has 2 rings (SSSR count). The number of thioether (sulfide) groups is 1. The van der Waals surface area contributed by atoms with Gasteiger partial charge in [-0.15, -0.1) is 0 Å². The highest BCUT2D eigenvalue weighted by Crippen LogP contribution is 2.30. The Hall–Kier alpha value is -1.58. The largest absolute Gasteiger partial charge is 0.466 e. The molecule has 0 amide bonds. The molecule has 25 heavy (non-hydrogen) atoms. The zero-order valence-corrected chi connectivity index (χ0v) is 16.2. The number of primary sulfonamides is 1. The molecule has 2 aromatic rings. The Labute approximate surface area is 152 Å². The fourth-order valence-electron chi connectivity index (χ4n) is 2.45. The van der Waals surface area contributed by atoms with E-state index >= 15 is 0 Å². The minimum atomic E-state index is -3.76. The molecule has 0 aliphatic carbocycles. The van der Waals surface area contributed by atoms with Gasteiger partial charge in [0.1, 0.15) is 0 Å². The number of rotatable bonds is 8. The summed E-state index contributed by atoms with van der Waals surface area (Å²) in [7, 11) is -3.76. The zero-order valence-electron chi connectivity index (χ0n) is 14.6. The summed E-state index contributed by atoms with van der Waals surface area (Å²) >= 11 is 1.56. The van der Waals surface area contributed by atoms with Crippen LogP contribution in [0.4, 0.5) is 0 Å².